The summed E-state index contributed by atoms with van der Waals surface area (Å²) in [4.78, 5) is 8.40. The van der Waals surface area contributed by atoms with E-state index in [0.29, 0.717) is 5.88 Å². The van der Waals surface area contributed by atoms with E-state index in [2.05, 4.69) is 15.4 Å². The molecule has 106 valence electrons. The number of nitrogens with one attached hydrogen (secondary N) is 1. The molecule has 3 N–H and O–H groups in total. The van der Waals surface area contributed by atoms with Crippen LogP contribution in [0.3, 0.4) is 0 Å². The fraction of sp³-hybridized carbons (Fsp3) is 0.125. The largest absolute Gasteiger partial charge is 0.481 e. The van der Waals surface area contributed by atoms with Crippen LogP contribution in [-0.4, -0.2) is 17.1 Å². The van der Waals surface area contributed by atoms with Gasteiger partial charge in [0.25, 0.3) is 0 Å². The van der Waals surface area contributed by atoms with Gasteiger partial charge in [-0.25, -0.2) is 10.4 Å². The Kier molecular flexibility index (Phi) is 3.77. The van der Waals surface area contributed by atoms with Gasteiger partial charge >= 0.3 is 0 Å². The summed E-state index contributed by atoms with van der Waals surface area (Å²) < 4.78 is 5.34. The van der Waals surface area contributed by atoms with Gasteiger partial charge in [0.2, 0.25) is 5.88 Å². The number of methoxy groups -OCH3 is 1. The van der Waals surface area contributed by atoms with E-state index in [4.69, 9.17) is 10.6 Å². The summed E-state index contributed by atoms with van der Waals surface area (Å²) in [6.45, 7) is 0. The predicted molar refractivity (Wildman–Crippen MR) is 81.7 cm³/mol. The number of rotatable bonds is 4. The molecule has 1 aromatic carbocycles. The Bertz CT molecular complexity index is 755. The van der Waals surface area contributed by atoms with Gasteiger partial charge in [-0.2, -0.15) is 0 Å². The molecule has 3 rings (SSSR count). The van der Waals surface area contributed by atoms with Crippen molar-refractivity contribution in [2.24, 2.45) is 5.84 Å². The summed E-state index contributed by atoms with van der Waals surface area (Å²) in [5, 5.41) is 2.17. The first-order chi connectivity index (χ1) is 10.3. The molecule has 0 fully saturated rings. The minimum atomic E-state index is -0.209. The maximum absolute atomic E-state index is 5.80. The van der Waals surface area contributed by atoms with Gasteiger partial charge in [0.15, 0.2) is 0 Å². The first kappa shape index (κ1) is 13.5. The van der Waals surface area contributed by atoms with E-state index in [1.807, 2.05) is 42.6 Å². The number of hydrogen-bond acceptors (Lipinski definition) is 5. The van der Waals surface area contributed by atoms with Crippen molar-refractivity contribution in [1.82, 2.24) is 15.4 Å². The summed E-state index contributed by atoms with van der Waals surface area (Å²) >= 11 is 0. The van der Waals surface area contributed by atoms with Crippen LogP contribution in [0.15, 0.2) is 55.0 Å². The molecule has 21 heavy (non-hydrogen) atoms. The lowest BCUT2D eigenvalue weighted by atomic mass is 9.95. The molecular weight excluding hydrogens is 264 g/mol. The summed E-state index contributed by atoms with van der Waals surface area (Å²) in [6.07, 6.45) is 5.32. The molecule has 0 saturated carbocycles. The number of aromatic nitrogens is 2. The van der Waals surface area contributed by atoms with Crippen LogP contribution < -0.4 is 16.0 Å². The molecule has 3 aromatic rings. The molecule has 0 spiro atoms. The fourth-order valence-corrected chi connectivity index (χ4v) is 2.54. The molecule has 0 aliphatic heterocycles. The summed E-state index contributed by atoms with van der Waals surface area (Å²) in [7, 11) is 1.60. The Morgan fingerprint density at radius 1 is 1.10 bits per heavy atom. The first-order valence-electron chi connectivity index (χ1n) is 6.63. The van der Waals surface area contributed by atoms with Crippen LogP contribution in [0, 0.1) is 0 Å². The third kappa shape index (κ3) is 2.44. The van der Waals surface area contributed by atoms with Gasteiger partial charge in [-0.3, -0.25) is 10.8 Å². The second kappa shape index (κ2) is 5.87. The quantitative estimate of drug-likeness (QED) is 0.566. The molecule has 0 radical (unpaired) electrons. The summed E-state index contributed by atoms with van der Waals surface area (Å²) in [5.74, 6) is 6.36. The van der Waals surface area contributed by atoms with Crippen molar-refractivity contribution in [2.45, 2.75) is 6.04 Å². The third-order valence-corrected chi connectivity index (χ3v) is 3.50. The highest BCUT2D eigenvalue weighted by molar-refractivity contribution is 5.85. The Hall–Kier alpha value is -2.50. The zero-order chi connectivity index (χ0) is 14.7. The number of fused-ring (bicyclic) bond motifs is 1. The number of hydrogen-bond donors (Lipinski definition) is 2. The Labute approximate surface area is 122 Å². The predicted octanol–water partition coefficient (Wildman–Crippen LogP) is 2.19. The fourth-order valence-electron chi connectivity index (χ4n) is 2.54. The molecule has 5 nitrogen and oxygen atoms in total. The van der Waals surface area contributed by atoms with Crippen LogP contribution in [0.1, 0.15) is 17.2 Å². The zero-order valence-electron chi connectivity index (χ0n) is 11.7. The molecule has 1 unspecified atom stereocenters. The van der Waals surface area contributed by atoms with Crippen LogP contribution in [0.4, 0.5) is 0 Å². The second-order valence-corrected chi connectivity index (χ2v) is 4.65. The monoisotopic (exact) mass is 280 g/mol. The van der Waals surface area contributed by atoms with Crippen molar-refractivity contribution in [2.75, 3.05) is 7.11 Å². The van der Waals surface area contributed by atoms with E-state index >= 15 is 0 Å². The van der Waals surface area contributed by atoms with Crippen LogP contribution in [0.2, 0.25) is 0 Å². The highest BCUT2D eigenvalue weighted by Gasteiger charge is 2.19. The average molecular weight is 280 g/mol. The van der Waals surface area contributed by atoms with Gasteiger partial charge < -0.3 is 4.74 Å². The third-order valence-electron chi connectivity index (χ3n) is 3.50. The van der Waals surface area contributed by atoms with E-state index in [1.54, 1.807) is 19.5 Å². The van der Waals surface area contributed by atoms with Crippen molar-refractivity contribution in [1.29, 1.82) is 0 Å². The van der Waals surface area contributed by atoms with Gasteiger partial charge in [0.05, 0.1) is 13.2 Å². The highest BCUT2D eigenvalue weighted by atomic mass is 16.5. The highest BCUT2D eigenvalue weighted by Crippen LogP contribution is 2.31. The lowest BCUT2D eigenvalue weighted by Gasteiger charge is -2.20. The molecule has 1 atom stereocenters. The normalized spacial score (nSPS) is 12.3. The number of benzene rings is 1. The standard InChI is InChI=1S/C16H16N4O/c1-21-16-14(6-3-8-19-16)15(20-17)13-5-2-4-11-10-18-9-7-12(11)13/h2-10,15,20H,17H2,1H3. The van der Waals surface area contributed by atoms with Crippen molar-refractivity contribution < 1.29 is 4.74 Å². The molecule has 0 saturated heterocycles. The lowest BCUT2D eigenvalue weighted by Crippen LogP contribution is -2.29. The lowest BCUT2D eigenvalue weighted by molar-refractivity contribution is 0.387. The van der Waals surface area contributed by atoms with Gasteiger partial charge in [-0.15, -0.1) is 0 Å². The molecule has 0 amide bonds. The number of pyridine rings is 2. The van der Waals surface area contributed by atoms with E-state index in [1.165, 1.54) is 0 Å². The summed E-state index contributed by atoms with van der Waals surface area (Å²) in [5.41, 5.74) is 4.82. The van der Waals surface area contributed by atoms with E-state index in [-0.39, 0.29) is 6.04 Å². The van der Waals surface area contributed by atoms with Crippen molar-refractivity contribution in [3.63, 3.8) is 0 Å². The van der Waals surface area contributed by atoms with E-state index in [0.717, 1.165) is 21.9 Å². The van der Waals surface area contributed by atoms with Gasteiger partial charge in [-0.1, -0.05) is 24.3 Å². The van der Waals surface area contributed by atoms with Crippen molar-refractivity contribution in [3.05, 3.63) is 66.1 Å². The summed E-state index contributed by atoms with van der Waals surface area (Å²) in [6, 6.07) is 11.7. The van der Waals surface area contributed by atoms with Crippen molar-refractivity contribution >= 4 is 10.8 Å². The molecular formula is C16H16N4O. The average Bonchev–Trinajstić information content (AvgIpc) is 2.56. The molecule has 5 heteroatoms. The Morgan fingerprint density at radius 3 is 2.76 bits per heavy atom. The number of nitrogens with zero attached hydrogens (tertiary/aromatic N) is 2. The minimum Gasteiger partial charge on any atom is -0.481 e. The maximum atomic E-state index is 5.80. The van der Waals surface area contributed by atoms with E-state index in [9.17, 15) is 0 Å². The molecule has 0 aliphatic rings. The second-order valence-electron chi connectivity index (χ2n) is 4.65. The number of ether oxygens (including phenoxy) is 1. The number of nitrogens with two attached hydrogens (primary N) is 1. The van der Waals surface area contributed by atoms with Crippen LogP contribution in [0.25, 0.3) is 10.8 Å². The molecule has 2 aromatic heterocycles. The first-order valence-corrected chi connectivity index (χ1v) is 6.63. The van der Waals surface area contributed by atoms with Crippen molar-refractivity contribution in [3.8, 4) is 5.88 Å². The molecule has 0 aliphatic carbocycles. The molecule has 2 heterocycles. The minimum absolute atomic E-state index is 0.209. The number of hydrazine groups is 1. The van der Waals surface area contributed by atoms with Gasteiger partial charge in [0, 0.05) is 29.5 Å². The smallest absolute Gasteiger partial charge is 0.218 e. The van der Waals surface area contributed by atoms with E-state index < -0.39 is 0 Å². The topological polar surface area (TPSA) is 73.1 Å². The Morgan fingerprint density at radius 2 is 1.95 bits per heavy atom. The van der Waals surface area contributed by atoms with Gasteiger partial charge in [0.1, 0.15) is 0 Å². The van der Waals surface area contributed by atoms with Crippen LogP contribution >= 0.6 is 0 Å². The van der Waals surface area contributed by atoms with Crippen LogP contribution in [0.5, 0.6) is 5.88 Å². The van der Waals surface area contributed by atoms with Gasteiger partial charge in [-0.05, 0) is 23.1 Å². The van der Waals surface area contributed by atoms with Crippen LogP contribution in [-0.2, 0) is 0 Å². The Balaban J connectivity index is 2.19. The maximum Gasteiger partial charge on any atom is 0.218 e. The molecule has 0 bridgehead atoms. The zero-order valence-corrected chi connectivity index (χ0v) is 11.7. The SMILES string of the molecule is COc1ncccc1C(NN)c1cccc2cnccc12.